The van der Waals surface area contributed by atoms with Crippen molar-refractivity contribution in [2.24, 2.45) is 0 Å². The van der Waals surface area contributed by atoms with Crippen LogP contribution in [0.25, 0.3) is 0 Å². The predicted molar refractivity (Wildman–Crippen MR) is 135 cm³/mol. The molecule has 0 radical (unpaired) electrons. The lowest BCUT2D eigenvalue weighted by molar-refractivity contribution is -0.121. The van der Waals surface area contributed by atoms with E-state index in [0.717, 1.165) is 15.4 Å². The second-order valence-electron chi connectivity index (χ2n) is 7.71. The molecular formula is C25H26Cl2N2O4S. The smallest absolute Gasteiger partial charge is 0.245 e. The molecule has 1 amide bonds. The summed E-state index contributed by atoms with van der Waals surface area (Å²) in [5.74, 6) is 0.275. The molecule has 0 saturated heterocycles. The number of carbonyl (C=O) groups excluding carboxylic acids is 1. The predicted octanol–water partition coefficient (Wildman–Crippen LogP) is 5.11. The largest absolute Gasteiger partial charge is 0.497 e. The van der Waals surface area contributed by atoms with E-state index in [2.05, 4.69) is 5.32 Å². The quantitative estimate of drug-likeness (QED) is 0.402. The van der Waals surface area contributed by atoms with Gasteiger partial charge in [-0.15, -0.1) is 0 Å². The number of nitrogens with one attached hydrogen (secondary N) is 1. The second-order valence-corrected chi connectivity index (χ2v) is 10.5. The highest BCUT2D eigenvalue weighted by Gasteiger charge is 2.29. The Morgan fingerprint density at radius 1 is 1.03 bits per heavy atom. The van der Waals surface area contributed by atoms with Crippen LogP contribution in [-0.4, -0.2) is 38.8 Å². The average molecular weight is 521 g/mol. The number of hydrogen-bond acceptors (Lipinski definition) is 4. The van der Waals surface area contributed by atoms with Gasteiger partial charge < -0.3 is 10.1 Å². The van der Waals surface area contributed by atoms with E-state index in [9.17, 15) is 13.2 Å². The van der Waals surface area contributed by atoms with Crippen LogP contribution in [0.1, 0.15) is 24.1 Å². The molecule has 3 rings (SSSR count). The minimum absolute atomic E-state index is 0.0427. The van der Waals surface area contributed by atoms with Crippen molar-refractivity contribution in [3.8, 4) is 5.75 Å². The first-order chi connectivity index (χ1) is 16.2. The molecule has 0 heterocycles. The minimum atomic E-state index is -4.09. The highest BCUT2D eigenvalue weighted by Crippen LogP contribution is 2.28. The number of ether oxygens (including phenoxy) is 1. The monoisotopic (exact) mass is 520 g/mol. The fourth-order valence-corrected chi connectivity index (χ4v) is 5.55. The Bertz CT molecular complexity index is 1220. The van der Waals surface area contributed by atoms with Crippen LogP contribution in [0.3, 0.4) is 0 Å². The number of methoxy groups -OCH3 is 1. The first-order valence-corrected chi connectivity index (χ1v) is 12.8. The Labute approximate surface area is 210 Å². The summed E-state index contributed by atoms with van der Waals surface area (Å²) in [6.45, 7) is 1.56. The summed E-state index contributed by atoms with van der Waals surface area (Å²) in [7, 11) is -2.51. The molecule has 0 spiro atoms. The van der Waals surface area contributed by atoms with Gasteiger partial charge in [-0.2, -0.15) is 4.31 Å². The summed E-state index contributed by atoms with van der Waals surface area (Å²) < 4.78 is 33.3. The lowest BCUT2D eigenvalue weighted by Gasteiger charge is -2.24. The van der Waals surface area contributed by atoms with E-state index < -0.39 is 15.9 Å². The van der Waals surface area contributed by atoms with Crippen molar-refractivity contribution in [2.45, 2.75) is 24.3 Å². The number of rotatable bonds is 10. The highest BCUT2D eigenvalue weighted by atomic mass is 35.5. The maximum Gasteiger partial charge on any atom is 0.245 e. The standard InChI is InChI=1S/C25H26Cl2N2O4S/c1-18(20-8-11-22(33-2)12-9-20)28-25(30)17-29(15-14-19-6-4-3-5-7-19)34(31,32)24-16-21(26)10-13-23(24)27/h3-13,16,18H,14-15,17H2,1-2H3,(H,28,30). The lowest BCUT2D eigenvalue weighted by Crippen LogP contribution is -2.42. The molecule has 0 bridgehead atoms. The molecule has 0 aliphatic rings. The van der Waals surface area contributed by atoms with Gasteiger partial charge in [0.25, 0.3) is 0 Å². The van der Waals surface area contributed by atoms with Gasteiger partial charge in [-0.05, 0) is 54.8 Å². The van der Waals surface area contributed by atoms with Gasteiger partial charge in [-0.3, -0.25) is 4.79 Å². The van der Waals surface area contributed by atoms with E-state index in [-0.39, 0.29) is 34.1 Å². The molecule has 1 unspecified atom stereocenters. The number of sulfonamides is 1. The van der Waals surface area contributed by atoms with Gasteiger partial charge in [-0.25, -0.2) is 8.42 Å². The van der Waals surface area contributed by atoms with E-state index in [0.29, 0.717) is 12.2 Å². The summed E-state index contributed by atoms with van der Waals surface area (Å²) >= 11 is 12.2. The third kappa shape index (κ3) is 6.73. The lowest BCUT2D eigenvalue weighted by atomic mass is 10.1. The van der Waals surface area contributed by atoms with Gasteiger partial charge in [0, 0.05) is 11.6 Å². The number of benzene rings is 3. The van der Waals surface area contributed by atoms with Gasteiger partial charge in [0.15, 0.2) is 0 Å². The molecular weight excluding hydrogens is 495 g/mol. The summed E-state index contributed by atoms with van der Waals surface area (Å²) in [5, 5.41) is 3.15. The molecule has 34 heavy (non-hydrogen) atoms. The van der Waals surface area contributed by atoms with Gasteiger partial charge in [0.1, 0.15) is 10.6 Å². The van der Waals surface area contributed by atoms with Crippen LogP contribution in [0.15, 0.2) is 77.7 Å². The molecule has 1 atom stereocenters. The molecule has 3 aromatic rings. The van der Waals surface area contributed by atoms with Crippen molar-refractivity contribution in [1.82, 2.24) is 9.62 Å². The number of hydrogen-bond donors (Lipinski definition) is 1. The van der Waals surface area contributed by atoms with Crippen LogP contribution in [0.5, 0.6) is 5.75 Å². The Hall–Kier alpha value is -2.58. The van der Waals surface area contributed by atoms with Crippen LogP contribution in [-0.2, 0) is 21.2 Å². The van der Waals surface area contributed by atoms with Gasteiger partial charge >= 0.3 is 0 Å². The average Bonchev–Trinajstić information content (AvgIpc) is 2.83. The van der Waals surface area contributed by atoms with E-state index >= 15 is 0 Å². The third-order valence-electron chi connectivity index (χ3n) is 5.32. The van der Waals surface area contributed by atoms with Crippen molar-refractivity contribution in [1.29, 1.82) is 0 Å². The van der Waals surface area contributed by atoms with E-state index in [1.807, 2.05) is 49.4 Å². The van der Waals surface area contributed by atoms with Crippen LogP contribution >= 0.6 is 23.2 Å². The zero-order chi connectivity index (χ0) is 24.7. The number of nitrogens with zero attached hydrogens (tertiary/aromatic N) is 1. The Kier molecular flexibility index (Phi) is 8.97. The van der Waals surface area contributed by atoms with E-state index in [4.69, 9.17) is 27.9 Å². The molecule has 3 aromatic carbocycles. The van der Waals surface area contributed by atoms with Crippen LogP contribution in [0.2, 0.25) is 10.0 Å². The molecule has 0 aliphatic carbocycles. The molecule has 0 aliphatic heterocycles. The van der Waals surface area contributed by atoms with Crippen molar-refractivity contribution in [2.75, 3.05) is 20.2 Å². The first-order valence-electron chi connectivity index (χ1n) is 10.6. The summed E-state index contributed by atoms with van der Waals surface area (Å²) in [6.07, 6.45) is 0.430. The fourth-order valence-electron chi connectivity index (χ4n) is 3.42. The second kappa shape index (κ2) is 11.7. The fraction of sp³-hybridized carbons (Fsp3) is 0.240. The van der Waals surface area contributed by atoms with Crippen molar-refractivity contribution < 1.29 is 17.9 Å². The maximum absolute atomic E-state index is 13.5. The minimum Gasteiger partial charge on any atom is -0.497 e. The molecule has 6 nitrogen and oxygen atoms in total. The summed E-state index contributed by atoms with van der Waals surface area (Å²) in [4.78, 5) is 12.8. The van der Waals surface area contributed by atoms with Gasteiger partial charge in [0.05, 0.1) is 24.7 Å². The van der Waals surface area contributed by atoms with Crippen LogP contribution < -0.4 is 10.1 Å². The molecule has 1 N–H and O–H groups in total. The number of amides is 1. The Balaban J connectivity index is 1.80. The Morgan fingerprint density at radius 2 is 1.71 bits per heavy atom. The molecule has 0 saturated carbocycles. The van der Waals surface area contributed by atoms with Crippen molar-refractivity contribution in [3.63, 3.8) is 0 Å². The maximum atomic E-state index is 13.5. The molecule has 0 aromatic heterocycles. The topological polar surface area (TPSA) is 75.7 Å². The molecule has 0 fully saturated rings. The van der Waals surface area contributed by atoms with Gasteiger partial charge in [0.2, 0.25) is 15.9 Å². The summed E-state index contributed by atoms with van der Waals surface area (Å²) in [6, 6.07) is 20.7. The summed E-state index contributed by atoms with van der Waals surface area (Å²) in [5.41, 5.74) is 1.82. The van der Waals surface area contributed by atoms with E-state index in [1.165, 1.54) is 18.2 Å². The number of halogens is 2. The van der Waals surface area contributed by atoms with Crippen LogP contribution in [0.4, 0.5) is 0 Å². The molecule has 9 heteroatoms. The van der Waals surface area contributed by atoms with Crippen molar-refractivity contribution in [3.05, 3.63) is 94.0 Å². The number of carbonyl (C=O) groups is 1. The normalized spacial score (nSPS) is 12.4. The van der Waals surface area contributed by atoms with E-state index in [1.54, 1.807) is 19.2 Å². The molecule has 180 valence electrons. The van der Waals surface area contributed by atoms with Crippen molar-refractivity contribution >= 4 is 39.1 Å². The van der Waals surface area contributed by atoms with Crippen LogP contribution in [0, 0.1) is 0 Å². The third-order valence-corrected chi connectivity index (χ3v) is 7.88. The van der Waals surface area contributed by atoms with Gasteiger partial charge in [-0.1, -0.05) is 65.7 Å². The first kappa shape index (κ1) is 26.0. The highest BCUT2D eigenvalue weighted by molar-refractivity contribution is 7.89. The zero-order valence-electron chi connectivity index (χ0n) is 18.9. The SMILES string of the molecule is COc1ccc(C(C)NC(=O)CN(CCc2ccccc2)S(=O)(=O)c2cc(Cl)ccc2Cl)cc1. The zero-order valence-corrected chi connectivity index (χ0v) is 21.2. The Morgan fingerprint density at radius 3 is 2.35 bits per heavy atom.